The lowest BCUT2D eigenvalue weighted by Gasteiger charge is -2.36. The Hall–Kier alpha value is -1.03. The highest BCUT2D eigenvalue weighted by atomic mass is 16.6. The van der Waals surface area contributed by atoms with E-state index in [1.807, 2.05) is 25.7 Å². The Kier molecular flexibility index (Phi) is 2.46. The molecule has 2 aliphatic heterocycles. The van der Waals surface area contributed by atoms with Gasteiger partial charge in [-0.2, -0.15) is 0 Å². The molecule has 1 N–H and O–H groups in total. The lowest BCUT2D eigenvalue weighted by atomic mass is 10.2. The van der Waals surface area contributed by atoms with E-state index in [-0.39, 0.29) is 18.2 Å². The largest absolute Gasteiger partial charge is 0.444 e. The molecule has 2 rings (SSSR count). The van der Waals surface area contributed by atoms with Crippen LogP contribution in [0.2, 0.25) is 0 Å². The van der Waals surface area contributed by atoms with Gasteiger partial charge < -0.3 is 10.1 Å². The van der Waals surface area contributed by atoms with Crippen molar-refractivity contribution in [2.24, 2.45) is 0 Å². The summed E-state index contributed by atoms with van der Waals surface area (Å²) in [4.78, 5) is 13.7. The first-order chi connectivity index (χ1) is 6.97. The number of fused-ring (bicyclic) bond motifs is 2. The Morgan fingerprint density at radius 1 is 1.33 bits per heavy atom. The third kappa shape index (κ3) is 2.15. The van der Waals surface area contributed by atoms with Gasteiger partial charge in [-0.3, -0.25) is 4.90 Å². The molecule has 0 saturated carbocycles. The van der Waals surface area contributed by atoms with Crippen molar-refractivity contribution < 1.29 is 9.53 Å². The van der Waals surface area contributed by atoms with Crippen molar-refractivity contribution in [1.82, 2.24) is 10.2 Å². The van der Waals surface area contributed by atoms with Crippen LogP contribution < -0.4 is 5.32 Å². The van der Waals surface area contributed by atoms with Crippen molar-refractivity contribution in [2.45, 2.75) is 38.5 Å². The molecule has 1 amide bonds. The van der Waals surface area contributed by atoms with Crippen LogP contribution in [0.1, 0.15) is 20.8 Å². The second-order valence-corrected chi connectivity index (χ2v) is 5.07. The lowest BCUT2D eigenvalue weighted by Crippen LogP contribution is -2.55. The first-order valence-corrected chi connectivity index (χ1v) is 5.38. The molecule has 0 unspecified atom stereocenters. The van der Waals surface area contributed by atoms with Gasteiger partial charge in [-0.05, 0) is 20.8 Å². The van der Waals surface area contributed by atoms with Crippen molar-refractivity contribution >= 4 is 6.09 Å². The first-order valence-electron chi connectivity index (χ1n) is 5.38. The molecule has 2 atom stereocenters. The highest BCUT2D eigenvalue weighted by Gasteiger charge is 2.37. The molecular weight excluding hydrogens is 192 g/mol. The van der Waals surface area contributed by atoms with E-state index in [2.05, 4.69) is 17.5 Å². The Balaban J connectivity index is 2.03. The van der Waals surface area contributed by atoms with Crippen LogP contribution in [-0.4, -0.2) is 41.8 Å². The monoisotopic (exact) mass is 210 g/mol. The summed E-state index contributed by atoms with van der Waals surface area (Å²) < 4.78 is 5.38. The molecule has 0 aromatic carbocycles. The SMILES string of the molecule is CC(C)(C)OC(=O)N1[C@@H]2C=C[C@H]1CNC2. The predicted molar refractivity (Wildman–Crippen MR) is 57.7 cm³/mol. The maximum absolute atomic E-state index is 11.9. The molecule has 2 bridgehead atoms. The van der Waals surface area contributed by atoms with Gasteiger partial charge in [0.05, 0.1) is 12.1 Å². The topological polar surface area (TPSA) is 41.6 Å². The van der Waals surface area contributed by atoms with Crippen LogP contribution in [0.25, 0.3) is 0 Å². The number of hydrogen-bond donors (Lipinski definition) is 1. The van der Waals surface area contributed by atoms with Crippen LogP contribution in [0.5, 0.6) is 0 Å². The van der Waals surface area contributed by atoms with E-state index in [1.54, 1.807) is 0 Å². The van der Waals surface area contributed by atoms with Gasteiger partial charge in [0, 0.05) is 13.1 Å². The van der Waals surface area contributed by atoms with Gasteiger partial charge in [0.25, 0.3) is 0 Å². The van der Waals surface area contributed by atoms with Crippen LogP contribution >= 0.6 is 0 Å². The van der Waals surface area contributed by atoms with Gasteiger partial charge in [0.1, 0.15) is 5.60 Å². The molecule has 2 aliphatic rings. The van der Waals surface area contributed by atoms with E-state index in [4.69, 9.17) is 4.74 Å². The standard InChI is InChI=1S/C11H18N2O2/c1-11(2,3)15-10(14)13-8-4-5-9(13)7-12-6-8/h4-5,8-9,12H,6-7H2,1-3H3/t8-,9+. The molecule has 4 nitrogen and oxygen atoms in total. The highest BCUT2D eigenvalue weighted by Crippen LogP contribution is 2.22. The fourth-order valence-electron chi connectivity index (χ4n) is 1.99. The third-order valence-electron chi connectivity index (χ3n) is 2.58. The summed E-state index contributed by atoms with van der Waals surface area (Å²) in [7, 11) is 0. The third-order valence-corrected chi connectivity index (χ3v) is 2.58. The summed E-state index contributed by atoms with van der Waals surface area (Å²) >= 11 is 0. The minimum atomic E-state index is -0.415. The molecule has 0 spiro atoms. The van der Waals surface area contributed by atoms with Crippen molar-refractivity contribution in [3.05, 3.63) is 12.2 Å². The molecule has 4 heteroatoms. The van der Waals surface area contributed by atoms with Crippen LogP contribution in [-0.2, 0) is 4.74 Å². The second-order valence-electron chi connectivity index (χ2n) is 5.07. The van der Waals surface area contributed by atoms with E-state index in [0.717, 1.165) is 13.1 Å². The summed E-state index contributed by atoms with van der Waals surface area (Å²) in [5.41, 5.74) is -0.415. The fourth-order valence-corrected chi connectivity index (χ4v) is 1.99. The van der Waals surface area contributed by atoms with Crippen LogP contribution in [0.15, 0.2) is 12.2 Å². The van der Waals surface area contributed by atoms with Crippen LogP contribution in [0.4, 0.5) is 4.79 Å². The number of carbonyl (C=O) groups is 1. The molecule has 84 valence electrons. The quantitative estimate of drug-likeness (QED) is 0.609. The highest BCUT2D eigenvalue weighted by molar-refractivity contribution is 5.70. The lowest BCUT2D eigenvalue weighted by molar-refractivity contribution is 0.0128. The number of ether oxygens (including phenoxy) is 1. The molecule has 1 fully saturated rings. The molecule has 0 aromatic rings. The minimum Gasteiger partial charge on any atom is -0.444 e. The molecule has 1 saturated heterocycles. The van der Waals surface area contributed by atoms with E-state index < -0.39 is 5.60 Å². The molecule has 2 heterocycles. The average molecular weight is 210 g/mol. The molecule has 0 aromatic heterocycles. The number of hydrogen-bond acceptors (Lipinski definition) is 3. The zero-order valence-electron chi connectivity index (χ0n) is 9.49. The first kappa shape index (κ1) is 10.5. The van der Waals surface area contributed by atoms with Gasteiger partial charge in [0.15, 0.2) is 0 Å². The molecule has 0 aliphatic carbocycles. The second kappa shape index (κ2) is 3.52. The van der Waals surface area contributed by atoms with E-state index in [1.165, 1.54) is 0 Å². The number of amides is 1. The van der Waals surface area contributed by atoms with Gasteiger partial charge in [0.2, 0.25) is 0 Å². The molecule has 0 radical (unpaired) electrons. The van der Waals surface area contributed by atoms with E-state index in [0.29, 0.717) is 0 Å². The summed E-state index contributed by atoms with van der Waals surface area (Å²) in [6.45, 7) is 7.33. The van der Waals surface area contributed by atoms with Gasteiger partial charge in [-0.15, -0.1) is 0 Å². The Morgan fingerprint density at radius 2 is 1.87 bits per heavy atom. The summed E-state index contributed by atoms with van der Waals surface area (Å²) in [5.74, 6) is 0. The number of nitrogens with one attached hydrogen (secondary N) is 1. The van der Waals surface area contributed by atoms with Gasteiger partial charge >= 0.3 is 6.09 Å². The van der Waals surface area contributed by atoms with Gasteiger partial charge in [-0.25, -0.2) is 4.79 Å². The molecule has 15 heavy (non-hydrogen) atoms. The van der Waals surface area contributed by atoms with Crippen molar-refractivity contribution in [3.8, 4) is 0 Å². The zero-order chi connectivity index (χ0) is 11.1. The van der Waals surface area contributed by atoms with Gasteiger partial charge in [-0.1, -0.05) is 12.2 Å². The maximum atomic E-state index is 11.9. The smallest absolute Gasteiger partial charge is 0.411 e. The number of nitrogens with zero attached hydrogens (tertiary/aromatic N) is 1. The van der Waals surface area contributed by atoms with E-state index in [9.17, 15) is 4.79 Å². The van der Waals surface area contributed by atoms with Crippen molar-refractivity contribution in [1.29, 1.82) is 0 Å². The summed E-state index contributed by atoms with van der Waals surface area (Å²) in [6, 6.07) is 0.331. The predicted octanol–water partition coefficient (Wildman–Crippen LogP) is 1.13. The van der Waals surface area contributed by atoms with Crippen LogP contribution in [0, 0.1) is 0 Å². The minimum absolute atomic E-state index is 0.165. The number of rotatable bonds is 0. The Bertz CT molecular complexity index is 279. The fraction of sp³-hybridized carbons (Fsp3) is 0.727. The van der Waals surface area contributed by atoms with Crippen molar-refractivity contribution in [3.63, 3.8) is 0 Å². The summed E-state index contributed by atoms with van der Waals surface area (Å²) in [5, 5.41) is 3.28. The number of piperazine rings is 1. The average Bonchev–Trinajstić information content (AvgIpc) is 2.34. The Labute approximate surface area is 90.3 Å². The normalized spacial score (nSPS) is 29.4. The zero-order valence-corrected chi connectivity index (χ0v) is 9.49. The Morgan fingerprint density at radius 3 is 2.33 bits per heavy atom. The van der Waals surface area contributed by atoms with Crippen LogP contribution in [0.3, 0.4) is 0 Å². The summed E-state index contributed by atoms with van der Waals surface area (Å²) in [6.07, 6.45) is 3.95. The molecular formula is C11H18N2O2. The van der Waals surface area contributed by atoms with Crippen molar-refractivity contribution in [2.75, 3.05) is 13.1 Å². The number of carbonyl (C=O) groups excluding carboxylic acids is 1. The van der Waals surface area contributed by atoms with E-state index >= 15 is 0 Å². The maximum Gasteiger partial charge on any atom is 0.411 e.